The van der Waals surface area contributed by atoms with E-state index >= 15 is 0 Å². The number of hydrogen-bond acceptors (Lipinski definition) is 1. The van der Waals surface area contributed by atoms with Gasteiger partial charge in [-0.2, -0.15) is 0 Å². The molecule has 0 fully saturated rings. The Balaban J connectivity index is 2.42. The van der Waals surface area contributed by atoms with E-state index in [1.807, 2.05) is 30.3 Å². The zero-order valence-electron chi connectivity index (χ0n) is 7.00. The van der Waals surface area contributed by atoms with Gasteiger partial charge in [-0.25, -0.2) is 0 Å². The highest BCUT2D eigenvalue weighted by Gasteiger charge is 2.07. The van der Waals surface area contributed by atoms with Crippen molar-refractivity contribution in [2.75, 3.05) is 0 Å². The van der Waals surface area contributed by atoms with E-state index in [1.54, 1.807) is 6.21 Å². The van der Waals surface area contributed by atoms with Crippen LogP contribution in [0, 0.1) is 0 Å². The molecule has 0 radical (unpaired) electrons. The normalized spacial score (nSPS) is 14.8. The number of allylic oxidation sites excluding steroid dienone is 2. The number of nitrogens with zero attached hydrogens (tertiary/aromatic N) is 1. The van der Waals surface area contributed by atoms with Gasteiger partial charge in [0.15, 0.2) is 0 Å². The van der Waals surface area contributed by atoms with E-state index in [1.165, 1.54) is 0 Å². The van der Waals surface area contributed by atoms with Crippen LogP contribution in [0.5, 0.6) is 0 Å². The van der Waals surface area contributed by atoms with Gasteiger partial charge in [0.05, 0.1) is 5.70 Å². The van der Waals surface area contributed by atoms with Crippen LogP contribution in [-0.4, -0.2) is 6.21 Å². The molecule has 13 heavy (non-hydrogen) atoms. The molecule has 2 heteroatoms. The first-order chi connectivity index (χ1) is 6.27. The average Bonchev–Trinajstić information content (AvgIpc) is 2.51. The van der Waals surface area contributed by atoms with Gasteiger partial charge >= 0.3 is 0 Å². The molecule has 0 bridgehead atoms. The smallest absolute Gasteiger partial charge is 0.0636 e. The minimum atomic E-state index is 0.734. The summed E-state index contributed by atoms with van der Waals surface area (Å²) in [4.78, 5) is 4.07. The maximum atomic E-state index is 5.87. The molecule has 2 rings (SSSR count). The summed E-state index contributed by atoms with van der Waals surface area (Å²) in [5.74, 6) is 0. The zero-order valence-corrected chi connectivity index (χ0v) is 7.75. The van der Waals surface area contributed by atoms with Crippen LogP contribution in [0.2, 0.25) is 5.02 Å². The van der Waals surface area contributed by atoms with Gasteiger partial charge in [0.25, 0.3) is 0 Å². The number of rotatable bonds is 1. The van der Waals surface area contributed by atoms with Crippen molar-refractivity contribution in [3.8, 4) is 0 Å². The van der Waals surface area contributed by atoms with Crippen LogP contribution in [0.4, 0.5) is 0 Å². The first-order valence-electron chi connectivity index (χ1n) is 3.97. The number of hydrogen-bond donors (Lipinski definition) is 0. The summed E-state index contributed by atoms with van der Waals surface area (Å²) in [5.41, 5.74) is 2.90. The van der Waals surface area contributed by atoms with Gasteiger partial charge in [-0.15, -0.1) is 0 Å². The molecule has 1 aliphatic heterocycles. The molecule has 64 valence electrons. The lowest BCUT2D eigenvalue weighted by Crippen LogP contribution is -1.82. The molecule has 1 nitrogen and oxygen atoms in total. The second-order valence-electron chi connectivity index (χ2n) is 2.82. The van der Waals surface area contributed by atoms with E-state index in [0.29, 0.717) is 0 Å². The summed E-state index contributed by atoms with van der Waals surface area (Å²) in [6.07, 6.45) is 3.69. The van der Waals surface area contributed by atoms with Crippen molar-refractivity contribution in [2.24, 2.45) is 4.99 Å². The molecule has 0 unspecified atom stereocenters. The Hall–Kier alpha value is -1.34. The van der Waals surface area contributed by atoms with Crippen molar-refractivity contribution in [1.29, 1.82) is 0 Å². The van der Waals surface area contributed by atoms with Crippen molar-refractivity contribution in [3.05, 3.63) is 53.2 Å². The van der Waals surface area contributed by atoms with Crippen LogP contribution in [0.1, 0.15) is 5.56 Å². The highest BCUT2D eigenvalue weighted by Crippen LogP contribution is 2.27. The summed E-state index contributed by atoms with van der Waals surface area (Å²) in [6, 6.07) is 7.68. The summed E-state index contributed by atoms with van der Waals surface area (Å²) in [5, 5.41) is 0.734. The van der Waals surface area contributed by atoms with Gasteiger partial charge in [-0.05, 0) is 23.8 Å². The van der Waals surface area contributed by atoms with Crippen LogP contribution < -0.4 is 0 Å². The van der Waals surface area contributed by atoms with Crippen molar-refractivity contribution in [2.45, 2.75) is 0 Å². The number of aliphatic imine (C=N–C) groups is 1. The molecule has 0 amide bonds. The number of halogens is 1. The summed E-state index contributed by atoms with van der Waals surface area (Å²) >= 11 is 5.87. The topological polar surface area (TPSA) is 12.4 Å². The molecule has 0 saturated carbocycles. The predicted octanol–water partition coefficient (Wildman–Crippen LogP) is 3.32. The number of benzene rings is 1. The molecule has 0 aromatic heterocycles. The lowest BCUT2D eigenvalue weighted by molar-refractivity contribution is 1.48. The minimum Gasteiger partial charge on any atom is -0.257 e. The second kappa shape index (κ2) is 3.19. The molecule has 0 aliphatic carbocycles. The Morgan fingerprint density at radius 1 is 1.31 bits per heavy atom. The second-order valence-corrected chi connectivity index (χ2v) is 3.25. The van der Waals surface area contributed by atoms with E-state index < -0.39 is 0 Å². The van der Waals surface area contributed by atoms with Crippen molar-refractivity contribution in [1.82, 2.24) is 0 Å². The summed E-state index contributed by atoms with van der Waals surface area (Å²) in [7, 11) is 0. The maximum Gasteiger partial charge on any atom is 0.0636 e. The molecule has 1 aromatic carbocycles. The van der Waals surface area contributed by atoms with Gasteiger partial charge in [-0.3, -0.25) is 4.99 Å². The van der Waals surface area contributed by atoms with Crippen LogP contribution >= 0.6 is 11.6 Å². The van der Waals surface area contributed by atoms with Crippen LogP contribution in [0.25, 0.3) is 5.57 Å². The molecule has 1 aliphatic rings. The SMILES string of the molecule is C=C1N=CC=C1c1cccc(Cl)c1. The zero-order chi connectivity index (χ0) is 9.26. The third-order valence-corrected chi connectivity index (χ3v) is 2.15. The highest BCUT2D eigenvalue weighted by atomic mass is 35.5. The minimum absolute atomic E-state index is 0.734. The third kappa shape index (κ3) is 1.56. The fourth-order valence-corrected chi connectivity index (χ4v) is 1.48. The molecule has 0 N–H and O–H groups in total. The standard InChI is InChI=1S/C11H8ClN/c1-8-11(5-6-13-8)9-3-2-4-10(12)7-9/h2-7H,1H2. The van der Waals surface area contributed by atoms with E-state index in [9.17, 15) is 0 Å². The summed E-state index contributed by atoms with van der Waals surface area (Å²) < 4.78 is 0. The van der Waals surface area contributed by atoms with E-state index in [-0.39, 0.29) is 0 Å². The maximum absolute atomic E-state index is 5.87. The van der Waals surface area contributed by atoms with Crippen LogP contribution in [-0.2, 0) is 0 Å². The third-order valence-electron chi connectivity index (χ3n) is 1.92. The Bertz CT molecular complexity index is 416. The van der Waals surface area contributed by atoms with Gasteiger partial charge < -0.3 is 0 Å². The lowest BCUT2D eigenvalue weighted by Gasteiger charge is -2.02. The van der Waals surface area contributed by atoms with Gasteiger partial charge in [-0.1, -0.05) is 30.3 Å². The van der Waals surface area contributed by atoms with E-state index in [4.69, 9.17) is 11.6 Å². The fourth-order valence-electron chi connectivity index (χ4n) is 1.29. The first-order valence-corrected chi connectivity index (χ1v) is 4.35. The van der Waals surface area contributed by atoms with E-state index in [0.717, 1.165) is 21.9 Å². The quantitative estimate of drug-likeness (QED) is 0.643. The van der Waals surface area contributed by atoms with Crippen LogP contribution in [0.3, 0.4) is 0 Å². The Morgan fingerprint density at radius 2 is 2.15 bits per heavy atom. The first kappa shape index (κ1) is 8.27. The van der Waals surface area contributed by atoms with Crippen molar-refractivity contribution < 1.29 is 0 Å². The molecule has 0 atom stereocenters. The average molecular weight is 190 g/mol. The Labute approximate surface area is 82.1 Å². The van der Waals surface area contributed by atoms with Crippen molar-refractivity contribution >= 4 is 23.4 Å². The predicted molar refractivity (Wildman–Crippen MR) is 57.1 cm³/mol. The molecular weight excluding hydrogens is 182 g/mol. The molecule has 1 aromatic rings. The highest BCUT2D eigenvalue weighted by molar-refractivity contribution is 6.30. The molecule has 0 saturated heterocycles. The largest absolute Gasteiger partial charge is 0.257 e. The monoisotopic (exact) mass is 189 g/mol. The Morgan fingerprint density at radius 3 is 2.77 bits per heavy atom. The molecule has 0 spiro atoms. The van der Waals surface area contributed by atoms with Crippen molar-refractivity contribution in [3.63, 3.8) is 0 Å². The molecular formula is C11H8ClN. The summed E-state index contributed by atoms with van der Waals surface area (Å²) in [6.45, 7) is 3.83. The van der Waals surface area contributed by atoms with E-state index in [2.05, 4.69) is 11.6 Å². The van der Waals surface area contributed by atoms with Gasteiger partial charge in [0.1, 0.15) is 0 Å². The van der Waals surface area contributed by atoms with Gasteiger partial charge in [0.2, 0.25) is 0 Å². The Kier molecular flexibility index (Phi) is 2.03. The van der Waals surface area contributed by atoms with Crippen LogP contribution in [0.15, 0.2) is 47.6 Å². The molecule has 1 heterocycles. The van der Waals surface area contributed by atoms with Gasteiger partial charge in [0, 0.05) is 16.8 Å². The fraction of sp³-hybridized carbons (Fsp3) is 0. The lowest BCUT2D eigenvalue weighted by atomic mass is 10.1.